The summed E-state index contributed by atoms with van der Waals surface area (Å²) in [6.07, 6.45) is 1.00. The largest absolute Gasteiger partial charge is 0.383 e. The molecule has 0 saturated carbocycles. The van der Waals surface area contributed by atoms with Crippen LogP contribution in [0.15, 0.2) is 53.6 Å². The van der Waals surface area contributed by atoms with E-state index in [2.05, 4.69) is 15.6 Å². The first-order valence-corrected chi connectivity index (χ1v) is 10.8. The Morgan fingerprint density at radius 2 is 1.73 bits per heavy atom. The number of amides is 1. The Balaban J connectivity index is 0.000000541. The maximum atomic E-state index is 12.9. The van der Waals surface area contributed by atoms with Crippen LogP contribution < -0.4 is 21.9 Å². The van der Waals surface area contributed by atoms with Crippen molar-refractivity contribution in [1.82, 2.24) is 14.9 Å². The van der Waals surface area contributed by atoms with Crippen molar-refractivity contribution in [2.45, 2.75) is 19.3 Å². The van der Waals surface area contributed by atoms with E-state index in [1.54, 1.807) is 30.3 Å². The summed E-state index contributed by atoms with van der Waals surface area (Å²) in [5.74, 6) is -1.09. The first-order chi connectivity index (χ1) is 15.8. The van der Waals surface area contributed by atoms with Crippen LogP contribution in [0.25, 0.3) is 5.69 Å². The average Bonchev–Trinajstić information content (AvgIpc) is 3.35. The molecule has 1 fully saturated rings. The van der Waals surface area contributed by atoms with Crippen molar-refractivity contribution in [2.75, 3.05) is 24.1 Å². The maximum Gasteiger partial charge on any atom is 0.273 e. The van der Waals surface area contributed by atoms with E-state index in [9.17, 15) is 18.4 Å². The number of nitrogens with one attached hydrogen (secondary N) is 2. The Morgan fingerprint density at radius 3 is 2.24 bits per heavy atom. The predicted molar refractivity (Wildman–Crippen MR) is 126 cm³/mol. The second kappa shape index (κ2) is 11.2. The number of aromatic nitrogens is 2. The fourth-order valence-corrected chi connectivity index (χ4v) is 3.81. The summed E-state index contributed by atoms with van der Waals surface area (Å²) in [4.78, 5) is 29.2. The number of nitrogen functional groups attached to an aromatic ring is 1. The molecular formula is C22H21Cl2F2N5O2. The van der Waals surface area contributed by atoms with E-state index < -0.39 is 29.0 Å². The third kappa shape index (κ3) is 6.07. The van der Waals surface area contributed by atoms with Gasteiger partial charge in [-0.2, -0.15) is 0 Å². The van der Waals surface area contributed by atoms with Crippen LogP contribution in [0, 0.1) is 0 Å². The summed E-state index contributed by atoms with van der Waals surface area (Å²) in [5, 5.41) is 5.35. The SMILES string of the molecule is C1CCNC1.Nc1ncn(-c2c(Cl)cc(C(F)F)cc2Cl)c(=O)c1C(=O)Nc1ccccc1. The van der Waals surface area contributed by atoms with Gasteiger partial charge in [-0.25, -0.2) is 13.8 Å². The van der Waals surface area contributed by atoms with Crippen molar-refractivity contribution in [3.63, 3.8) is 0 Å². The van der Waals surface area contributed by atoms with Crippen LogP contribution in [0.4, 0.5) is 20.3 Å². The highest BCUT2D eigenvalue weighted by Gasteiger charge is 2.22. The predicted octanol–water partition coefficient (Wildman–Crippen LogP) is 4.68. The topological polar surface area (TPSA) is 102 Å². The first-order valence-electron chi connectivity index (χ1n) is 10.0. The van der Waals surface area contributed by atoms with Crippen molar-refractivity contribution in [2.24, 2.45) is 0 Å². The number of carbonyl (C=O) groups is 1. The number of hydrogen-bond donors (Lipinski definition) is 3. The number of carbonyl (C=O) groups excluding carboxylic acids is 1. The molecule has 0 aliphatic carbocycles. The van der Waals surface area contributed by atoms with Crippen molar-refractivity contribution in [1.29, 1.82) is 0 Å². The molecule has 2 heterocycles. The third-order valence-corrected chi connectivity index (χ3v) is 5.33. The van der Waals surface area contributed by atoms with Gasteiger partial charge in [0.25, 0.3) is 17.9 Å². The standard InChI is InChI=1S/C18H12Cl2F2N4O2.C4H9N/c19-11-6-9(15(21)22)7-12(20)14(11)26-8-24-16(23)13(18(26)28)17(27)25-10-4-2-1-3-5-10;1-2-4-5-3-1/h1-8,15H,23H2,(H,25,27);5H,1-4H2. The van der Waals surface area contributed by atoms with Crippen LogP contribution in [-0.4, -0.2) is 28.5 Å². The minimum absolute atomic E-state index is 0.0843. The number of nitrogens with two attached hydrogens (primary N) is 1. The molecular weight excluding hydrogens is 475 g/mol. The maximum absolute atomic E-state index is 12.9. The van der Waals surface area contributed by atoms with Crippen molar-refractivity contribution >= 4 is 40.6 Å². The number of anilines is 2. The molecule has 2 aromatic carbocycles. The quantitative estimate of drug-likeness (QED) is 0.487. The molecule has 33 heavy (non-hydrogen) atoms. The molecule has 7 nitrogen and oxygen atoms in total. The molecule has 1 aliphatic heterocycles. The Bertz CT molecular complexity index is 1150. The van der Waals surface area contributed by atoms with Gasteiger partial charge >= 0.3 is 0 Å². The van der Waals surface area contributed by atoms with Crippen LogP contribution in [-0.2, 0) is 0 Å². The average molecular weight is 496 g/mol. The smallest absolute Gasteiger partial charge is 0.273 e. The van der Waals surface area contributed by atoms with Gasteiger partial charge in [0.2, 0.25) is 0 Å². The Hall–Kier alpha value is -3.01. The summed E-state index contributed by atoms with van der Waals surface area (Å²) in [6, 6.07) is 10.4. The number of hydrogen-bond acceptors (Lipinski definition) is 5. The van der Waals surface area contributed by atoms with Gasteiger partial charge in [-0.1, -0.05) is 41.4 Å². The lowest BCUT2D eigenvalue weighted by Gasteiger charge is -2.14. The van der Waals surface area contributed by atoms with Crippen molar-refractivity contribution < 1.29 is 13.6 Å². The molecule has 0 unspecified atom stereocenters. The van der Waals surface area contributed by atoms with E-state index in [1.807, 2.05) is 0 Å². The molecule has 4 rings (SSSR count). The number of nitrogens with zero attached hydrogens (tertiary/aromatic N) is 2. The summed E-state index contributed by atoms with van der Waals surface area (Å²) in [5.41, 5.74) is 4.38. The van der Waals surface area contributed by atoms with Crippen LogP contribution in [0.1, 0.15) is 35.2 Å². The van der Waals surface area contributed by atoms with Gasteiger partial charge < -0.3 is 16.4 Å². The minimum atomic E-state index is -2.79. The van der Waals surface area contributed by atoms with E-state index >= 15 is 0 Å². The highest BCUT2D eigenvalue weighted by atomic mass is 35.5. The lowest BCUT2D eigenvalue weighted by Crippen LogP contribution is -2.31. The zero-order valence-electron chi connectivity index (χ0n) is 17.3. The fraction of sp³-hybridized carbons (Fsp3) is 0.227. The highest BCUT2D eigenvalue weighted by Crippen LogP contribution is 2.33. The van der Waals surface area contributed by atoms with Crippen molar-refractivity contribution in [3.05, 3.63) is 80.3 Å². The van der Waals surface area contributed by atoms with Crippen LogP contribution in [0.5, 0.6) is 0 Å². The molecule has 1 aliphatic rings. The summed E-state index contributed by atoms with van der Waals surface area (Å²) in [6.45, 7) is 2.50. The molecule has 11 heteroatoms. The van der Waals surface area contributed by atoms with Crippen molar-refractivity contribution in [3.8, 4) is 5.69 Å². The van der Waals surface area contributed by atoms with E-state index in [0.29, 0.717) is 5.69 Å². The molecule has 3 aromatic rings. The van der Waals surface area contributed by atoms with Gasteiger partial charge in [0.05, 0.1) is 15.7 Å². The number of benzene rings is 2. The first kappa shape index (κ1) is 24.6. The van der Waals surface area contributed by atoms with Gasteiger partial charge in [-0.15, -0.1) is 0 Å². The Labute approximate surface area is 198 Å². The van der Waals surface area contributed by atoms with Gasteiger partial charge in [-0.05, 0) is 50.2 Å². The van der Waals surface area contributed by atoms with Crippen LogP contribution in [0.2, 0.25) is 10.0 Å². The number of para-hydroxylation sites is 1. The summed E-state index contributed by atoms with van der Waals surface area (Å²) >= 11 is 12.1. The molecule has 174 valence electrons. The van der Waals surface area contributed by atoms with E-state index in [-0.39, 0.29) is 21.6 Å². The summed E-state index contributed by atoms with van der Waals surface area (Å²) < 4.78 is 26.7. The molecule has 0 atom stereocenters. The van der Waals surface area contributed by atoms with Gasteiger partial charge in [-0.3, -0.25) is 14.2 Å². The molecule has 0 spiro atoms. The summed E-state index contributed by atoms with van der Waals surface area (Å²) in [7, 11) is 0. The molecule has 0 radical (unpaired) electrons. The molecule has 1 amide bonds. The Kier molecular flexibility index (Phi) is 8.37. The Morgan fingerprint density at radius 1 is 1.12 bits per heavy atom. The zero-order valence-corrected chi connectivity index (χ0v) is 18.8. The van der Waals surface area contributed by atoms with E-state index in [0.717, 1.165) is 23.0 Å². The number of halogens is 4. The van der Waals surface area contributed by atoms with Crippen LogP contribution >= 0.6 is 23.2 Å². The highest BCUT2D eigenvalue weighted by molar-refractivity contribution is 6.37. The second-order valence-corrected chi connectivity index (χ2v) is 7.91. The van der Waals surface area contributed by atoms with Gasteiger partial charge in [0.1, 0.15) is 17.7 Å². The molecule has 1 saturated heterocycles. The van der Waals surface area contributed by atoms with Gasteiger partial charge in [0.15, 0.2) is 0 Å². The minimum Gasteiger partial charge on any atom is -0.383 e. The van der Waals surface area contributed by atoms with E-state index in [4.69, 9.17) is 28.9 Å². The fourth-order valence-electron chi connectivity index (χ4n) is 3.12. The van der Waals surface area contributed by atoms with E-state index in [1.165, 1.54) is 25.9 Å². The number of rotatable bonds is 4. The van der Waals surface area contributed by atoms with Crippen LogP contribution in [0.3, 0.4) is 0 Å². The lowest BCUT2D eigenvalue weighted by atomic mass is 10.2. The second-order valence-electron chi connectivity index (χ2n) is 7.09. The number of alkyl halides is 2. The zero-order chi connectivity index (χ0) is 24.0. The molecule has 1 aromatic heterocycles. The monoisotopic (exact) mass is 495 g/mol. The van der Waals surface area contributed by atoms with Gasteiger partial charge in [0, 0.05) is 11.3 Å². The molecule has 0 bridgehead atoms. The lowest BCUT2D eigenvalue weighted by molar-refractivity contribution is 0.102. The molecule has 4 N–H and O–H groups in total. The normalized spacial score (nSPS) is 12.9. The third-order valence-electron chi connectivity index (χ3n) is 4.75.